The maximum absolute atomic E-state index is 3.70. The van der Waals surface area contributed by atoms with Gasteiger partial charge in [-0.05, 0) is 5.56 Å². The molecule has 0 saturated heterocycles. The third-order valence-electron chi connectivity index (χ3n) is 2.13. The topological polar surface area (TPSA) is 8.81 Å². The van der Waals surface area contributed by atoms with Crippen LogP contribution < -0.4 is 17.0 Å². The Labute approximate surface area is 95.9 Å². The number of nitrogens with zero attached hydrogens (tertiary/aromatic N) is 2. The Morgan fingerprint density at radius 1 is 1.27 bits per heavy atom. The van der Waals surface area contributed by atoms with Crippen molar-refractivity contribution in [3.8, 4) is 0 Å². The Morgan fingerprint density at radius 2 is 2.00 bits per heavy atom. The summed E-state index contributed by atoms with van der Waals surface area (Å²) in [6, 6.07) is 10.4. The zero-order chi connectivity index (χ0) is 9.80. The largest absolute Gasteiger partial charge is 1.00 e. The van der Waals surface area contributed by atoms with Crippen LogP contribution in [0.15, 0.2) is 55.6 Å². The summed E-state index contributed by atoms with van der Waals surface area (Å²) in [5, 5.41) is 0. The Morgan fingerprint density at radius 3 is 2.60 bits per heavy atom. The summed E-state index contributed by atoms with van der Waals surface area (Å²) in [7, 11) is 0. The van der Waals surface area contributed by atoms with E-state index in [1.54, 1.807) is 6.20 Å². The highest BCUT2D eigenvalue weighted by Gasteiger charge is 2.00. The van der Waals surface area contributed by atoms with Gasteiger partial charge in [0.15, 0.2) is 0 Å². The van der Waals surface area contributed by atoms with Crippen LogP contribution in [-0.4, -0.2) is 4.57 Å². The van der Waals surface area contributed by atoms with E-state index >= 15 is 0 Å². The van der Waals surface area contributed by atoms with Gasteiger partial charge in [-0.3, -0.25) is 0 Å². The maximum atomic E-state index is 3.70. The summed E-state index contributed by atoms with van der Waals surface area (Å²) in [6.07, 6.45) is 7.81. The molecule has 1 aromatic heterocycles. The number of rotatable bonds is 3. The van der Waals surface area contributed by atoms with Crippen LogP contribution in [0.5, 0.6) is 0 Å². The molecule has 78 valence electrons. The fraction of sp³-hybridized carbons (Fsp3) is 0.0833. The van der Waals surface area contributed by atoms with Crippen LogP contribution in [0, 0.1) is 0 Å². The first-order valence-electron chi connectivity index (χ1n) is 4.61. The molecule has 2 rings (SSSR count). The van der Waals surface area contributed by atoms with Gasteiger partial charge in [0.2, 0.25) is 6.33 Å². The van der Waals surface area contributed by atoms with Gasteiger partial charge in [0.05, 0.1) is 6.20 Å². The minimum Gasteiger partial charge on any atom is -1.00 e. The lowest BCUT2D eigenvalue weighted by Gasteiger charge is -1.95. The SMILES string of the molecule is C=Cn1cc[n+](Cc2ccccc2)c1.[Cl-]. The molecular formula is C12H13ClN2. The molecule has 0 aliphatic carbocycles. The second-order valence-corrected chi connectivity index (χ2v) is 3.20. The van der Waals surface area contributed by atoms with Gasteiger partial charge < -0.3 is 12.4 Å². The lowest BCUT2D eigenvalue weighted by molar-refractivity contribution is -0.687. The molecule has 15 heavy (non-hydrogen) atoms. The van der Waals surface area contributed by atoms with Gasteiger partial charge in [-0.15, -0.1) is 0 Å². The number of imidazole rings is 1. The van der Waals surface area contributed by atoms with E-state index in [-0.39, 0.29) is 12.4 Å². The van der Waals surface area contributed by atoms with E-state index in [1.807, 2.05) is 29.4 Å². The third-order valence-corrected chi connectivity index (χ3v) is 2.13. The van der Waals surface area contributed by atoms with Crippen molar-refractivity contribution in [2.24, 2.45) is 0 Å². The number of halogens is 1. The molecule has 0 N–H and O–H groups in total. The van der Waals surface area contributed by atoms with Crippen LogP contribution >= 0.6 is 0 Å². The molecule has 0 fully saturated rings. The van der Waals surface area contributed by atoms with Crippen LogP contribution in [0.4, 0.5) is 0 Å². The summed E-state index contributed by atoms with van der Waals surface area (Å²) in [5.41, 5.74) is 1.30. The second kappa shape index (κ2) is 5.37. The summed E-state index contributed by atoms with van der Waals surface area (Å²) in [4.78, 5) is 0. The van der Waals surface area contributed by atoms with Crippen molar-refractivity contribution >= 4 is 6.20 Å². The zero-order valence-electron chi connectivity index (χ0n) is 8.38. The molecule has 3 heteroatoms. The second-order valence-electron chi connectivity index (χ2n) is 3.20. The van der Waals surface area contributed by atoms with Crippen LogP contribution in [0.25, 0.3) is 6.20 Å². The Balaban J connectivity index is 0.00000112. The standard InChI is InChI=1S/C12H13N2.ClH/c1-2-13-8-9-14(11-13)10-12-6-4-3-5-7-12;/h2-9,11H,1,10H2;1H/q+1;/p-1. The van der Waals surface area contributed by atoms with Crippen molar-refractivity contribution < 1.29 is 17.0 Å². The van der Waals surface area contributed by atoms with Crippen molar-refractivity contribution in [1.82, 2.24) is 4.57 Å². The first-order chi connectivity index (χ1) is 6.88. The quantitative estimate of drug-likeness (QED) is 0.583. The molecule has 0 unspecified atom stereocenters. The van der Waals surface area contributed by atoms with Crippen LogP contribution in [0.2, 0.25) is 0 Å². The van der Waals surface area contributed by atoms with E-state index in [9.17, 15) is 0 Å². The van der Waals surface area contributed by atoms with Gasteiger partial charge in [0, 0.05) is 0 Å². The van der Waals surface area contributed by atoms with Gasteiger partial charge in [0.25, 0.3) is 0 Å². The number of benzene rings is 1. The molecule has 0 saturated carbocycles. The van der Waals surface area contributed by atoms with E-state index < -0.39 is 0 Å². The van der Waals surface area contributed by atoms with Crippen molar-refractivity contribution in [2.75, 3.05) is 0 Å². The van der Waals surface area contributed by atoms with Crippen LogP contribution in [-0.2, 0) is 6.54 Å². The highest BCUT2D eigenvalue weighted by Crippen LogP contribution is 1.97. The highest BCUT2D eigenvalue weighted by molar-refractivity contribution is 5.14. The van der Waals surface area contributed by atoms with E-state index in [4.69, 9.17) is 0 Å². The smallest absolute Gasteiger partial charge is 0.248 e. The molecule has 0 atom stereocenters. The van der Waals surface area contributed by atoms with Crippen LogP contribution in [0.3, 0.4) is 0 Å². The van der Waals surface area contributed by atoms with Crippen molar-refractivity contribution in [1.29, 1.82) is 0 Å². The van der Waals surface area contributed by atoms with E-state index in [0.717, 1.165) is 6.54 Å². The molecule has 0 amide bonds. The molecule has 0 radical (unpaired) electrons. The summed E-state index contributed by atoms with van der Waals surface area (Å²) in [6.45, 7) is 4.61. The van der Waals surface area contributed by atoms with Gasteiger partial charge >= 0.3 is 0 Å². The highest BCUT2D eigenvalue weighted by atomic mass is 35.5. The summed E-state index contributed by atoms with van der Waals surface area (Å²) < 4.78 is 4.06. The van der Waals surface area contributed by atoms with E-state index in [0.29, 0.717) is 0 Å². The minimum atomic E-state index is 0. The molecule has 0 spiro atoms. The van der Waals surface area contributed by atoms with Gasteiger partial charge in [-0.25, -0.2) is 9.13 Å². The minimum absolute atomic E-state index is 0. The lowest BCUT2D eigenvalue weighted by Crippen LogP contribution is -3.00. The monoisotopic (exact) mass is 220 g/mol. The molecule has 2 nitrogen and oxygen atoms in total. The predicted molar refractivity (Wildman–Crippen MR) is 56.6 cm³/mol. The molecule has 0 aliphatic heterocycles. The summed E-state index contributed by atoms with van der Waals surface area (Å²) >= 11 is 0. The molecule has 0 bridgehead atoms. The fourth-order valence-electron chi connectivity index (χ4n) is 1.41. The average molecular weight is 221 g/mol. The van der Waals surface area contributed by atoms with Crippen LogP contribution in [0.1, 0.15) is 5.56 Å². The van der Waals surface area contributed by atoms with Gasteiger partial charge in [-0.1, -0.05) is 36.9 Å². The van der Waals surface area contributed by atoms with E-state index in [1.165, 1.54) is 5.56 Å². The number of hydrogen-bond acceptors (Lipinski definition) is 0. The Kier molecular flexibility index (Phi) is 4.13. The summed E-state index contributed by atoms with van der Waals surface area (Å²) in [5.74, 6) is 0. The van der Waals surface area contributed by atoms with Crippen molar-refractivity contribution in [3.63, 3.8) is 0 Å². The first-order valence-corrected chi connectivity index (χ1v) is 4.61. The van der Waals surface area contributed by atoms with Gasteiger partial charge in [0.1, 0.15) is 18.9 Å². The third kappa shape index (κ3) is 2.96. The zero-order valence-corrected chi connectivity index (χ0v) is 9.14. The lowest BCUT2D eigenvalue weighted by atomic mass is 10.2. The molecule has 2 aromatic rings. The number of hydrogen-bond donors (Lipinski definition) is 0. The van der Waals surface area contributed by atoms with Gasteiger partial charge in [-0.2, -0.15) is 0 Å². The molecule has 0 aliphatic rings. The van der Waals surface area contributed by atoms with Crippen molar-refractivity contribution in [2.45, 2.75) is 6.54 Å². The Bertz CT molecular complexity index is 420. The average Bonchev–Trinajstić information content (AvgIpc) is 2.67. The van der Waals surface area contributed by atoms with Crippen molar-refractivity contribution in [3.05, 3.63) is 61.2 Å². The van der Waals surface area contributed by atoms with E-state index in [2.05, 4.69) is 35.4 Å². The number of aromatic nitrogens is 2. The molecular weight excluding hydrogens is 208 g/mol. The molecule has 1 heterocycles. The molecule has 1 aromatic carbocycles. The Hall–Kier alpha value is -1.54. The maximum Gasteiger partial charge on any atom is 0.248 e. The normalized spacial score (nSPS) is 9.33. The fourth-order valence-corrected chi connectivity index (χ4v) is 1.41. The first kappa shape index (κ1) is 11.5. The predicted octanol–water partition coefficient (Wildman–Crippen LogP) is -1.07.